The number of hydrogen-bond acceptors (Lipinski definition) is 2. The molecule has 0 spiro atoms. The number of halogens is 1. The van der Waals surface area contributed by atoms with Crippen LogP contribution in [0.4, 0.5) is 0 Å². The number of nitrogens with zero attached hydrogens (tertiary/aromatic N) is 1. The van der Waals surface area contributed by atoms with Crippen LogP contribution in [-0.2, 0) is 6.61 Å². The smallest absolute Gasteiger partial charge is 0.0724 e. The molecule has 0 saturated carbocycles. The minimum Gasteiger partial charge on any atom is -0.392 e. The van der Waals surface area contributed by atoms with Gasteiger partial charge in [-0.3, -0.25) is 0 Å². The van der Waals surface area contributed by atoms with E-state index in [1.54, 1.807) is 0 Å². The van der Waals surface area contributed by atoms with Gasteiger partial charge in [0.2, 0.25) is 0 Å². The molecular weight excluding hydrogens is 234 g/mol. The molecule has 1 N–H and O–H groups in total. The number of aliphatic hydroxyl groups excluding tert-OH is 1. The number of para-hydroxylation sites is 1. The van der Waals surface area contributed by atoms with Crippen molar-refractivity contribution in [2.24, 2.45) is 0 Å². The van der Waals surface area contributed by atoms with Crippen molar-refractivity contribution < 1.29 is 5.11 Å². The zero-order valence-corrected chi connectivity index (χ0v) is 9.78. The monoisotopic (exact) mass is 243 g/mol. The maximum absolute atomic E-state index is 9.14. The number of aliphatic hydroxyl groups is 1. The molecule has 0 aliphatic carbocycles. The molecule has 0 saturated heterocycles. The second-order valence-corrected chi connectivity index (χ2v) is 4.33. The quantitative estimate of drug-likeness (QED) is 0.664. The number of fused-ring (bicyclic) bond motifs is 2. The highest BCUT2D eigenvalue weighted by Crippen LogP contribution is 2.30. The summed E-state index contributed by atoms with van der Waals surface area (Å²) in [4.78, 5) is 4.55. The molecule has 0 aliphatic rings. The zero-order valence-electron chi connectivity index (χ0n) is 9.02. The molecule has 3 heteroatoms. The third kappa shape index (κ3) is 1.66. The Labute approximate surface area is 103 Å². The van der Waals surface area contributed by atoms with E-state index in [0.717, 1.165) is 27.4 Å². The lowest BCUT2D eigenvalue weighted by atomic mass is 10.1. The van der Waals surface area contributed by atoms with E-state index in [1.807, 2.05) is 42.5 Å². The largest absolute Gasteiger partial charge is 0.392 e. The summed E-state index contributed by atoms with van der Waals surface area (Å²) in [6.45, 7) is 0.0130. The Morgan fingerprint density at radius 1 is 1.00 bits per heavy atom. The number of aromatic nitrogens is 1. The second-order valence-electron chi connectivity index (χ2n) is 3.95. The van der Waals surface area contributed by atoms with Crippen molar-refractivity contribution in [3.63, 3.8) is 0 Å². The lowest BCUT2D eigenvalue weighted by molar-refractivity contribution is 0.282. The predicted octanol–water partition coefficient (Wildman–Crippen LogP) is 3.53. The Balaban J connectivity index is 2.46. The van der Waals surface area contributed by atoms with Crippen LogP contribution in [0.15, 0.2) is 42.5 Å². The van der Waals surface area contributed by atoms with E-state index in [4.69, 9.17) is 16.7 Å². The fourth-order valence-electron chi connectivity index (χ4n) is 1.99. The molecule has 0 aliphatic heterocycles. The SMILES string of the molecule is OCc1ccc2nc3ccccc3c(Cl)c2c1. The zero-order chi connectivity index (χ0) is 11.8. The van der Waals surface area contributed by atoms with Gasteiger partial charge in [0.25, 0.3) is 0 Å². The molecule has 17 heavy (non-hydrogen) atoms. The molecular formula is C14H10ClNO. The summed E-state index contributed by atoms with van der Waals surface area (Å²) in [5, 5.41) is 11.7. The number of benzene rings is 2. The van der Waals surface area contributed by atoms with Crippen molar-refractivity contribution in [1.82, 2.24) is 4.98 Å². The highest BCUT2D eigenvalue weighted by atomic mass is 35.5. The van der Waals surface area contributed by atoms with Gasteiger partial charge in [0.1, 0.15) is 0 Å². The summed E-state index contributed by atoms with van der Waals surface area (Å²) in [5.74, 6) is 0. The van der Waals surface area contributed by atoms with Gasteiger partial charge in [0.15, 0.2) is 0 Å². The Bertz CT molecular complexity index is 709. The van der Waals surface area contributed by atoms with Crippen LogP contribution in [0, 0.1) is 0 Å². The maximum Gasteiger partial charge on any atom is 0.0724 e. The molecule has 84 valence electrons. The van der Waals surface area contributed by atoms with E-state index in [0.29, 0.717) is 5.02 Å². The number of rotatable bonds is 1. The van der Waals surface area contributed by atoms with Gasteiger partial charge >= 0.3 is 0 Å². The van der Waals surface area contributed by atoms with Crippen LogP contribution >= 0.6 is 11.6 Å². The van der Waals surface area contributed by atoms with Gasteiger partial charge in [-0.25, -0.2) is 4.98 Å². The van der Waals surface area contributed by atoms with Crippen molar-refractivity contribution in [3.8, 4) is 0 Å². The first-order valence-electron chi connectivity index (χ1n) is 5.37. The van der Waals surface area contributed by atoms with E-state index in [1.165, 1.54) is 0 Å². The third-order valence-corrected chi connectivity index (χ3v) is 3.27. The molecule has 3 rings (SSSR count). The Morgan fingerprint density at radius 2 is 1.76 bits per heavy atom. The Hall–Kier alpha value is -1.64. The second kappa shape index (κ2) is 3.99. The molecule has 1 aromatic heterocycles. The summed E-state index contributed by atoms with van der Waals surface area (Å²) in [6.07, 6.45) is 0. The Kier molecular flexibility index (Phi) is 2.46. The van der Waals surface area contributed by atoms with Crippen molar-refractivity contribution >= 4 is 33.4 Å². The average molecular weight is 244 g/mol. The van der Waals surface area contributed by atoms with Gasteiger partial charge in [-0.05, 0) is 23.8 Å². The first-order chi connectivity index (χ1) is 8.29. The van der Waals surface area contributed by atoms with Crippen LogP contribution in [0.3, 0.4) is 0 Å². The van der Waals surface area contributed by atoms with Gasteiger partial charge in [0, 0.05) is 10.8 Å². The fraction of sp³-hybridized carbons (Fsp3) is 0.0714. The van der Waals surface area contributed by atoms with Gasteiger partial charge in [-0.2, -0.15) is 0 Å². The van der Waals surface area contributed by atoms with Gasteiger partial charge in [-0.15, -0.1) is 0 Å². The maximum atomic E-state index is 9.14. The molecule has 0 unspecified atom stereocenters. The molecule has 0 fully saturated rings. The normalized spacial score (nSPS) is 11.2. The van der Waals surface area contributed by atoms with Crippen molar-refractivity contribution in [1.29, 1.82) is 0 Å². The molecule has 2 nitrogen and oxygen atoms in total. The average Bonchev–Trinajstić information content (AvgIpc) is 2.39. The van der Waals surface area contributed by atoms with Gasteiger partial charge in [0.05, 0.1) is 22.7 Å². The van der Waals surface area contributed by atoms with Gasteiger partial charge < -0.3 is 5.11 Å². The van der Waals surface area contributed by atoms with E-state index >= 15 is 0 Å². The van der Waals surface area contributed by atoms with E-state index in [-0.39, 0.29) is 6.61 Å². The lowest BCUT2D eigenvalue weighted by Gasteiger charge is -2.06. The first kappa shape index (κ1) is 10.5. The van der Waals surface area contributed by atoms with Crippen molar-refractivity contribution in [2.75, 3.05) is 0 Å². The molecule has 0 bridgehead atoms. The van der Waals surface area contributed by atoms with Crippen molar-refractivity contribution in [2.45, 2.75) is 6.61 Å². The standard InChI is InChI=1S/C14H10ClNO/c15-14-10-3-1-2-4-12(10)16-13-6-5-9(8-17)7-11(13)14/h1-7,17H,8H2. The van der Waals surface area contributed by atoms with Crippen LogP contribution in [0.1, 0.15) is 5.56 Å². The molecule has 0 radical (unpaired) electrons. The fourth-order valence-corrected chi connectivity index (χ4v) is 2.30. The van der Waals surface area contributed by atoms with Crippen LogP contribution in [0.5, 0.6) is 0 Å². The molecule has 2 aromatic carbocycles. The van der Waals surface area contributed by atoms with Crippen molar-refractivity contribution in [3.05, 3.63) is 53.1 Å². The van der Waals surface area contributed by atoms with Crippen LogP contribution < -0.4 is 0 Å². The van der Waals surface area contributed by atoms with Gasteiger partial charge in [-0.1, -0.05) is 35.9 Å². The highest BCUT2D eigenvalue weighted by Gasteiger charge is 2.07. The third-order valence-electron chi connectivity index (χ3n) is 2.86. The molecule has 1 heterocycles. The van der Waals surface area contributed by atoms with Crippen LogP contribution in [-0.4, -0.2) is 10.1 Å². The summed E-state index contributed by atoms with van der Waals surface area (Å²) >= 11 is 6.38. The van der Waals surface area contributed by atoms with Crippen LogP contribution in [0.2, 0.25) is 5.02 Å². The van der Waals surface area contributed by atoms with E-state index in [2.05, 4.69) is 4.98 Å². The summed E-state index contributed by atoms with van der Waals surface area (Å²) in [6, 6.07) is 13.4. The molecule has 0 amide bonds. The Morgan fingerprint density at radius 3 is 2.59 bits per heavy atom. The topological polar surface area (TPSA) is 33.1 Å². The summed E-state index contributed by atoms with van der Waals surface area (Å²) < 4.78 is 0. The van der Waals surface area contributed by atoms with Crippen LogP contribution in [0.25, 0.3) is 21.8 Å². The minimum absolute atomic E-state index is 0.0130. The minimum atomic E-state index is 0.0130. The number of hydrogen-bond donors (Lipinski definition) is 1. The number of pyridine rings is 1. The summed E-state index contributed by atoms with van der Waals surface area (Å²) in [5.41, 5.74) is 2.59. The predicted molar refractivity (Wildman–Crippen MR) is 70.2 cm³/mol. The molecule has 3 aromatic rings. The highest BCUT2D eigenvalue weighted by molar-refractivity contribution is 6.40. The lowest BCUT2D eigenvalue weighted by Crippen LogP contribution is -1.88. The first-order valence-corrected chi connectivity index (χ1v) is 5.75. The van der Waals surface area contributed by atoms with E-state index < -0.39 is 0 Å². The van der Waals surface area contributed by atoms with E-state index in [9.17, 15) is 0 Å². The summed E-state index contributed by atoms with van der Waals surface area (Å²) in [7, 11) is 0. The molecule has 0 atom stereocenters.